The molecule has 0 aliphatic carbocycles. The average Bonchev–Trinajstić information content (AvgIpc) is 2.80. The van der Waals surface area contributed by atoms with Crippen LogP contribution in [-0.2, 0) is 22.5 Å². The van der Waals surface area contributed by atoms with Crippen molar-refractivity contribution in [3.63, 3.8) is 0 Å². The molecule has 1 fully saturated rings. The number of aromatic nitrogens is 2. The average molecular weight is 417 g/mol. The molecule has 0 unspecified atom stereocenters. The Balaban J connectivity index is 1.34. The predicted octanol–water partition coefficient (Wildman–Crippen LogP) is 3.07. The lowest BCUT2D eigenvalue weighted by molar-refractivity contribution is -0.124. The molecule has 1 aliphatic rings. The lowest BCUT2D eigenvalue weighted by atomic mass is 10.0. The van der Waals surface area contributed by atoms with Gasteiger partial charge < -0.3 is 10.1 Å². The number of carbonyl (C=O) groups is 1. The largest absolute Gasteiger partial charge is 0.369 e. The summed E-state index contributed by atoms with van der Waals surface area (Å²) in [6.45, 7) is 4.88. The molecular weight excluding hydrogens is 388 g/mol. The van der Waals surface area contributed by atoms with Crippen LogP contribution in [0.4, 0.5) is 0 Å². The second-order valence-electron chi connectivity index (χ2n) is 7.85. The number of amides is 1. The van der Waals surface area contributed by atoms with Crippen molar-refractivity contribution in [2.24, 2.45) is 0 Å². The number of rotatable bonds is 7. The number of pyridine rings is 2. The zero-order valence-corrected chi connectivity index (χ0v) is 17.8. The van der Waals surface area contributed by atoms with Crippen molar-refractivity contribution in [1.82, 2.24) is 20.2 Å². The smallest absolute Gasteiger partial charge is 0.234 e. The third kappa shape index (κ3) is 5.96. The van der Waals surface area contributed by atoms with Crippen LogP contribution in [0.25, 0.3) is 0 Å². The topological polar surface area (TPSA) is 67.4 Å². The van der Waals surface area contributed by atoms with Gasteiger partial charge in [0.1, 0.15) is 6.10 Å². The minimum Gasteiger partial charge on any atom is -0.369 e. The van der Waals surface area contributed by atoms with E-state index in [1.807, 2.05) is 30.3 Å². The molecule has 3 aromatic rings. The van der Waals surface area contributed by atoms with E-state index in [0.717, 1.165) is 30.0 Å². The number of ether oxygens (including phenoxy) is 1. The summed E-state index contributed by atoms with van der Waals surface area (Å²) in [5.41, 5.74) is 5.35. The number of nitrogens with zero attached hydrogens (tertiary/aromatic N) is 3. The molecule has 4 rings (SSSR count). The Morgan fingerprint density at radius 2 is 1.94 bits per heavy atom. The fraction of sp³-hybridized carbons (Fsp3) is 0.320. The summed E-state index contributed by atoms with van der Waals surface area (Å²) in [6, 6.07) is 20.2. The highest BCUT2D eigenvalue weighted by atomic mass is 16.5. The maximum Gasteiger partial charge on any atom is 0.234 e. The number of benzene rings is 1. The number of nitrogens with one attached hydrogen (secondary N) is 1. The molecule has 1 amide bonds. The highest BCUT2D eigenvalue weighted by molar-refractivity contribution is 5.77. The molecular formula is C25H28N4O2. The number of hydrogen-bond donors (Lipinski definition) is 1. The van der Waals surface area contributed by atoms with E-state index in [-0.39, 0.29) is 12.0 Å². The van der Waals surface area contributed by atoms with E-state index in [9.17, 15) is 4.79 Å². The molecule has 0 saturated carbocycles. The maximum atomic E-state index is 12.4. The molecule has 0 bridgehead atoms. The van der Waals surface area contributed by atoms with E-state index in [1.165, 1.54) is 11.1 Å². The van der Waals surface area contributed by atoms with Crippen molar-refractivity contribution in [3.05, 3.63) is 95.1 Å². The molecule has 1 aliphatic heterocycles. The third-order valence-corrected chi connectivity index (χ3v) is 5.50. The SMILES string of the molecule is Cc1ccccc1Cc1cccc([C@H]2CN(CC(=O)NCc3ccccn3)CCO2)n1. The number of hydrogen-bond acceptors (Lipinski definition) is 5. The van der Waals surface area contributed by atoms with Crippen LogP contribution in [-0.4, -0.2) is 47.0 Å². The minimum atomic E-state index is -0.130. The highest BCUT2D eigenvalue weighted by Gasteiger charge is 2.24. The molecule has 1 atom stereocenters. The highest BCUT2D eigenvalue weighted by Crippen LogP contribution is 2.22. The molecule has 3 heterocycles. The second-order valence-corrected chi connectivity index (χ2v) is 7.85. The summed E-state index contributed by atoms with van der Waals surface area (Å²) in [6.07, 6.45) is 2.40. The van der Waals surface area contributed by atoms with Crippen molar-refractivity contribution >= 4 is 5.91 Å². The van der Waals surface area contributed by atoms with Gasteiger partial charge in [-0.05, 0) is 42.3 Å². The molecule has 160 valence electrons. The monoisotopic (exact) mass is 416 g/mol. The van der Waals surface area contributed by atoms with Gasteiger partial charge in [-0.2, -0.15) is 0 Å². The van der Waals surface area contributed by atoms with Crippen LogP contribution in [0.1, 0.15) is 34.3 Å². The fourth-order valence-corrected chi connectivity index (χ4v) is 3.76. The Kier molecular flexibility index (Phi) is 7.02. The van der Waals surface area contributed by atoms with Crippen LogP contribution in [0.3, 0.4) is 0 Å². The van der Waals surface area contributed by atoms with Crippen molar-refractivity contribution in [2.75, 3.05) is 26.2 Å². The molecule has 6 heteroatoms. The molecule has 31 heavy (non-hydrogen) atoms. The Labute approximate surface area is 183 Å². The molecule has 2 aromatic heterocycles. The van der Waals surface area contributed by atoms with E-state index < -0.39 is 0 Å². The van der Waals surface area contributed by atoms with Gasteiger partial charge in [0, 0.05) is 31.4 Å². The van der Waals surface area contributed by atoms with Crippen LogP contribution in [0.5, 0.6) is 0 Å². The summed E-state index contributed by atoms with van der Waals surface area (Å²) < 4.78 is 5.99. The van der Waals surface area contributed by atoms with Gasteiger partial charge in [-0.3, -0.25) is 19.7 Å². The fourth-order valence-electron chi connectivity index (χ4n) is 3.76. The van der Waals surface area contributed by atoms with Gasteiger partial charge in [-0.1, -0.05) is 36.4 Å². The minimum absolute atomic E-state index is 0.00688. The number of morpholine rings is 1. The standard InChI is InChI=1S/C25H28N4O2/c1-19-7-2-3-8-20(19)15-21-10-6-11-23(28-21)24-17-29(13-14-31-24)18-25(30)27-16-22-9-4-5-12-26-22/h2-12,24H,13-18H2,1H3,(H,27,30)/t24-/m1/s1. The van der Waals surface area contributed by atoms with Gasteiger partial charge in [0.15, 0.2) is 0 Å². The van der Waals surface area contributed by atoms with E-state index in [2.05, 4.69) is 52.5 Å². The van der Waals surface area contributed by atoms with Crippen molar-refractivity contribution in [3.8, 4) is 0 Å². The lowest BCUT2D eigenvalue weighted by Gasteiger charge is -2.32. The Morgan fingerprint density at radius 3 is 2.77 bits per heavy atom. The number of carbonyl (C=O) groups excluding carboxylic acids is 1. The predicted molar refractivity (Wildman–Crippen MR) is 119 cm³/mol. The quantitative estimate of drug-likeness (QED) is 0.641. The van der Waals surface area contributed by atoms with E-state index in [0.29, 0.717) is 26.2 Å². The zero-order chi connectivity index (χ0) is 21.5. The first-order chi connectivity index (χ1) is 15.2. The molecule has 1 aromatic carbocycles. The number of aryl methyl sites for hydroxylation is 1. The van der Waals surface area contributed by atoms with Crippen LogP contribution >= 0.6 is 0 Å². The summed E-state index contributed by atoms with van der Waals surface area (Å²) in [4.78, 5) is 23.6. The second kappa shape index (κ2) is 10.3. The van der Waals surface area contributed by atoms with Gasteiger partial charge >= 0.3 is 0 Å². The van der Waals surface area contributed by atoms with Gasteiger partial charge in [-0.15, -0.1) is 0 Å². The first kappa shape index (κ1) is 21.2. The lowest BCUT2D eigenvalue weighted by Crippen LogP contribution is -2.44. The molecule has 0 radical (unpaired) electrons. The Morgan fingerprint density at radius 1 is 1.10 bits per heavy atom. The molecule has 1 N–H and O–H groups in total. The summed E-state index contributed by atoms with van der Waals surface area (Å²) >= 11 is 0. The Hall–Kier alpha value is -3.09. The first-order valence-corrected chi connectivity index (χ1v) is 10.7. The van der Waals surface area contributed by atoms with E-state index >= 15 is 0 Å². The molecule has 0 spiro atoms. The van der Waals surface area contributed by atoms with Gasteiger partial charge in [0.25, 0.3) is 0 Å². The van der Waals surface area contributed by atoms with Crippen molar-refractivity contribution in [1.29, 1.82) is 0 Å². The van der Waals surface area contributed by atoms with E-state index in [4.69, 9.17) is 9.72 Å². The Bertz CT molecular complexity index is 1010. The van der Waals surface area contributed by atoms with Gasteiger partial charge in [-0.25, -0.2) is 0 Å². The third-order valence-electron chi connectivity index (χ3n) is 5.50. The van der Waals surface area contributed by atoms with Gasteiger partial charge in [0.2, 0.25) is 5.91 Å². The summed E-state index contributed by atoms with van der Waals surface area (Å²) in [7, 11) is 0. The summed E-state index contributed by atoms with van der Waals surface area (Å²) in [5, 5.41) is 2.94. The molecule has 6 nitrogen and oxygen atoms in total. The van der Waals surface area contributed by atoms with Crippen LogP contribution in [0.2, 0.25) is 0 Å². The molecule has 1 saturated heterocycles. The van der Waals surface area contributed by atoms with Crippen molar-refractivity contribution in [2.45, 2.75) is 26.0 Å². The van der Waals surface area contributed by atoms with Crippen LogP contribution in [0, 0.1) is 6.92 Å². The zero-order valence-electron chi connectivity index (χ0n) is 17.8. The van der Waals surface area contributed by atoms with Crippen LogP contribution in [0.15, 0.2) is 66.9 Å². The maximum absolute atomic E-state index is 12.4. The van der Waals surface area contributed by atoms with Crippen LogP contribution < -0.4 is 5.32 Å². The van der Waals surface area contributed by atoms with Crippen molar-refractivity contribution < 1.29 is 9.53 Å². The first-order valence-electron chi connectivity index (χ1n) is 10.7. The normalized spacial score (nSPS) is 16.7. The summed E-state index contributed by atoms with van der Waals surface area (Å²) in [5.74, 6) is -0.00688. The van der Waals surface area contributed by atoms with E-state index in [1.54, 1.807) is 6.20 Å². The van der Waals surface area contributed by atoms with Gasteiger partial charge in [0.05, 0.1) is 31.1 Å².